The fourth-order valence-electron chi connectivity index (χ4n) is 3.11. The van der Waals surface area contributed by atoms with Crippen LogP contribution in [0, 0.1) is 0 Å². The van der Waals surface area contributed by atoms with E-state index in [1.807, 2.05) is 19.1 Å². The van der Waals surface area contributed by atoms with E-state index in [0.717, 1.165) is 19.3 Å². The number of rotatable bonds is 3. The van der Waals surface area contributed by atoms with Gasteiger partial charge in [-0.25, -0.2) is 0 Å². The van der Waals surface area contributed by atoms with Crippen molar-refractivity contribution < 1.29 is 9.90 Å². The molecule has 0 spiro atoms. The van der Waals surface area contributed by atoms with Crippen LogP contribution in [0.2, 0.25) is 10.0 Å². The summed E-state index contributed by atoms with van der Waals surface area (Å²) in [6, 6.07) is 14.5. The maximum absolute atomic E-state index is 9.60. The number of nitrogens with two attached hydrogens (primary N) is 1. The Labute approximate surface area is 158 Å². The Morgan fingerprint density at radius 2 is 1.80 bits per heavy atom. The van der Waals surface area contributed by atoms with E-state index in [9.17, 15) is 4.79 Å². The number of hydrogen-bond donors (Lipinski definition) is 2. The van der Waals surface area contributed by atoms with Gasteiger partial charge in [0.05, 0.1) is 10.0 Å². The highest BCUT2D eigenvalue weighted by molar-refractivity contribution is 6.42. The van der Waals surface area contributed by atoms with Gasteiger partial charge in [-0.2, -0.15) is 0 Å². The van der Waals surface area contributed by atoms with Gasteiger partial charge in [-0.05, 0) is 48.1 Å². The number of aliphatic carboxylic acids is 1. The van der Waals surface area contributed by atoms with Crippen molar-refractivity contribution in [3.8, 4) is 0 Å². The Morgan fingerprint density at radius 3 is 2.36 bits per heavy atom. The van der Waals surface area contributed by atoms with E-state index in [-0.39, 0.29) is 6.04 Å². The van der Waals surface area contributed by atoms with Gasteiger partial charge in [0.15, 0.2) is 0 Å². The molecule has 3 N–H and O–H groups in total. The zero-order chi connectivity index (χ0) is 18.4. The summed E-state index contributed by atoms with van der Waals surface area (Å²) in [7, 11) is 0. The van der Waals surface area contributed by atoms with E-state index in [1.165, 1.54) is 16.7 Å². The zero-order valence-electron chi connectivity index (χ0n) is 14.2. The number of halogens is 2. The number of carbonyl (C=O) groups is 1. The number of carboxylic acid groups (broad SMARTS) is 1. The Bertz CT molecular complexity index is 733. The summed E-state index contributed by atoms with van der Waals surface area (Å²) >= 11 is 12.1. The van der Waals surface area contributed by atoms with Crippen LogP contribution in [0.25, 0.3) is 0 Å². The number of benzene rings is 2. The minimum absolute atomic E-state index is 0.148. The molecule has 3 nitrogen and oxygen atoms in total. The van der Waals surface area contributed by atoms with Crippen LogP contribution in [-0.4, -0.2) is 11.1 Å². The molecule has 3 rings (SSSR count). The van der Waals surface area contributed by atoms with Gasteiger partial charge in [-0.15, -0.1) is 0 Å². The molecule has 2 aromatic rings. The third-order valence-electron chi connectivity index (χ3n) is 4.35. The van der Waals surface area contributed by atoms with Gasteiger partial charge in [-0.3, -0.25) is 4.79 Å². The lowest BCUT2D eigenvalue weighted by Crippen LogP contribution is -2.20. The minimum Gasteiger partial charge on any atom is -0.481 e. The van der Waals surface area contributed by atoms with Crippen LogP contribution < -0.4 is 5.73 Å². The van der Waals surface area contributed by atoms with Crippen LogP contribution in [0.4, 0.5) is 0 Å². The SMILES string of the molecule is CCCC(=O)O.N[C@H]1CC[C@@H](c2ccc(Cl)c(Cl)c2)c2ccccc21. The molecule has 0 saturated heterocycles. The fourth-order valence-corrected chi connectivity index (χ4v) is 3.42. The third kappa shape index (κ3) is 5.21. The molecule has 2 aromatic carbocycles. The highest BCUT2D eigenvalue weighted by atomic mass is 35.5. The predicted octanol–water partition coefficient (Wildman–Crippen LogP) is 5.79. The first kappa shape index (κ1) is 19.8. The standard InChI is InChI=1S/C16H15Cl2N.C4H8O2/c17-14-7-5-10(9-15(14)18)11-6-8-16(19)13-4-2-1-3-12(11)13;1-2-3-4(5)6/h1-5,7,9,11,16H,6,8,19H2;2-3H2,1H3,(H,5,6)/t11-,16-;/m0./s1. The van der Waals surface area contributed by atoms with Crippen molar-refractivity contribution in [1.29, 1.82) is 0 Å². The molecule has 0 amide bonds. The second kappa shape index (κ2) is 9.23. The molecule has 134 valence electrons. The van der Waals surface area contributed by atoms with Crippen molar-refractivity contribution in [2.75, 3.05) is 0 Å². The molecule has 0 saturated carbocycles. The molecule has 5 heteroatoms. The lowest BCUT2D eigenvalue weighted by molar-refractivity contribution is -0.137. The number of carboxylic acids is 1. The van der Waals surface area contributed by atoms with Crippen molar-refractivity contribution in [2.45, 2.75) is 44.6 Å². The topological polar surface area (TPSA) is 63.3 Å². The van der Waals surface area contributed by atoms with Crippen molar-refractivity contribution >= 4 is 29.2 Å². The first-order valence-corrected chi connectivity index (χ1v) is 9.20. The van der Waals surface area contributed by atoms with Gasteiger partial charge < -0.3 is 10.8 Å². The van der Waals surface area contributed by atoms with Crippen LogP contribution in [0.3, 0.4) is 0 Å². The van der Waals surface area contributed by atoms with Crippen LogP contribution in [0.1, 0.15) is 61.3 Å². The van der Waals surface area contributed by atoms with Gasteiger partial charge in [0.1, 0.15) is 0 Å². The van der Waals surface area contributed by atoms with Crippen LogP contribution in [-0.2, 0) is 4.79 Å². The van der Waals surface area contributed by atoms with Gasteiger partial charge in [-0.1, -0.05) is 60.5 Å². The fraction of sp³-hybridized carbons (Fsp3) is 0.350. The van der Waals surface area contributed by atoms with Crippen LogP contribution >= 0.6 is 23.2 Å². The molecule has 0 aliphatic heterocycles. The predicted molar refractivity (Wildman–Crippen MR) is 103 cm³/mol. The maximum atomic E-state index is 9.60. The third-order valence-corrected chi connectivity index (χ3v) is 5.09. The Balaban J connectivity index is 0.000000326. The maximum Gasteiger partial charge on any atom is 0.303 e. The van der Waals surface area contributed by atoms with E-state index < -0.39 is 5.97 Å². The van der Waals surface area contributed by atoms with Gasteiger partial charge in [0.2, 0.25) is 0 Å². The summed E-state index contributed by atoms with van der Waals surface area (Å²) < 4.78 is 0. The van der Waals surface area contributed by atoms with E-state index in [0.29, 0.717) is 22.4 Å². The van der Waals surface area contributed by atoms with Crippen LogP contribution in [0.15, 0.2) is 42.5 Å². The minimum atomic E-state index is -0.711. The second-order valence-corrected chi connectivity index (χ2v) is 7.00. The Kier molecular flexibility index (Phi) is 7.30. The molecule has 1 aliphatic rings. The van der Waals surface area contributed by atoms with Gasteiger partial charge >= 0.3 is 5.97 Å². The largest absolute Gasteiger partial charge is 0.481 e. The first-order valence-electron chi connectivity index (χ1n) is 8.45. The van der Waals surface area contributed by atoms with Crippen molar-refractivity contribution in [2.24, 2.45) is 5.73 Å². The zero-order valence-corrected chi connectivity index (χ0v) is 15.7. The molecule has 0 unspecified atom stereocenters. The van der Waals surface area contributed by atoms with Crippen molar-refractivity contribution in [3.63, 3.8) is 0 Å². The average Bonchev–Trinajstić information content (AvgIpc) is 2.59. The number of fused-ring (bicyclic) bond motifs is 1. The summed E-state index contributed by atoms with van der Waals surface area (Å²) in [4.78, 5) is 9.60. The lowest BCUT2D eigenvalue weighted by atomic mass is 9.77. The quantitative estimate of drug-likeness (QED) is 0.708. The van der Waals surface area contributed by atoms with E-state index in [2.05, 4.69) is 30.3 Å². The summed E-state index contributed by atoms with van der Waals surface area (Å²) in [5.74, 6) is -0.344. The molecule has 0 fully saturated rings. The highest BCUT2D eigenvalue weighted by Crippen LogP contribution is 2.41. The molecule has 0 aromatic heterocycles. The molecule has 0 radical (unpaired) electrons. The van der Waals surface area contributed by atoms with Crippen molar-refractivity contribution in [1.82, 2.24) is 0 Å². The van der Waals surface area contributed by atoms with Gasteiger partial charge in [0, 0.05) is 18.4 Å². The van der Waals surface area contributed by atoms with Gasteiger partial charge in [0.25, 0.3) is 0 Å². The lowest BCUT2D eigenvalue weighted by Gasteiger charge is -2.30. The van der Waals surface area contributed by atoms with E-state index in [1.54, 1.807) is 0 Å². The smallest absolute Gasteiger partial charge is 0.303 e. The number of hydrogen-bond acceptors (Lipinski definition) is 2. The molecular formula is C20H23Cl2NO2. The Morgan fingerprint density at radius 1 is 1.12 bits per heavy atom. The van der Waals surface area contributed by atoms with Crippen molar-refractivity contribution in [3.05, 3.63) is 69.2 Å². The second-order valence-electron chi connectivity index (χ2n) is 6.18. The van der Waals surface area contributed by atoms with E-state index in [4.69, 9.17) is 34.0 Å². The Hall–Kier alpha value is -1.55. The summed E-state index contributed by atoms with van der Waals surface area (Å²) in [5.41, 5.74) is 9.98. The average molecular weight is 380 g/mol. The van der Waals surface area contributed by atoms with Crippen LogP contribution in [0.5, 0.6) is 0 Å². The molecule has 1 aliphatic carbocycles. The summed E-state index contributed by atoms with van der Waals surface area (Å²) in [6.07, 6.45) is 3.08. The molecule has 0 bridgehead atoms. The summed E-state index contributed by atoms with van der Waals surface area (Å²) in [5, 5.41) is 9.13. The summed E-state index contributed by atoms with van der Waals surface area (Å²) in [6.45, 7) is 1.84. The highest BCUT2D eigenvalue weighted by Gasteiger charge is 2.26. The normalized spacial score (nSPS) is 18.7. The molecule has 0 heterocycles. The molecular weight excluding hydrogens is 357 g/mol. The molecule has 2 atom stereocenters. The molecule has 25 heavy (non-hydrogen) atoms. The first-order chi connectivity index (χ1) is 11.9. The van der Waals surface area contributed by atoms with E-state index >= 15 is 0 Å². The monoisotopic (exact) mass is 379 g/mol.